The van der Waals surface area contributed by atoms with Crippen molar-refractivity contribution in [1.29, 1.82) is 0 Å². The summed E-state index contributed by atoms with van der Waals surface area (Å²) in [6.07, 6.45) is -6.27. The smallest absolute Gasteiger partial charge is 0.345 e. The van der Waals surface area contributed by atoms with E-state index in [0.717, 1.165) is 16.8 Å². The number of aldehydes is 1. The molecule has 0 spiro atoms. The number of hydrogen-bond donors (Lipinski definition) is 1. The second kappa shape index (κ2) is 6.36. The van der Waals surface area contributed by atoms with Gasteiger partial charge in [-0.05, 0) is 0 Å². The summed E-state index contributed by atoms with van der Waals surface area (Å²) in [5.41, 5.74) is -1.48. The van der Waals surface area contributed by atoms with Gasteiger partial charge in [0.25, 0.3) is 5.56 Å². The molecule has 1 aromatic heterocycles. The molecule has 0 saturated carbocycles. The lowest BCUT2D eigenvalue weighted by molar-refractivity contribution is -0.186. The fourth-order valence-electron chi connectivity index (χ4n) is 2.19. The molecular formula is C12H12F3N3O5. The Kier molecular flexibility index (Phi) is 4.68. The van der Waals surface area contributed by atoms with Gasteiger partial charge in [0.05, 0.1) is 6.54 Å². The molecule has 1 N–H and O–H groups in total. The highest BCUT2D eigenvalue weighted by Gasteiger charge is 2.44. The maximum atomic E-state index is 12.5. The molecule has 11 heteroatoms. The number of H-pyrrole nitrogens is 1. The third-order valence-electron chi connectivity index (χ3n) is 3.22. The Morgan fingerprint density at radius 3 is 2.65 bits per heavy atom. The van der Waals surface area contributed by atoms with Gasteiger partial charge in [0.15, 0.2) is 6.29 Å². The Labute approximate surface area is 126 Å². The zero-order chi connectivity index (χ0) is 17.2. The maximum Gasteiger partial charge on any atom is 0.471 e. The molecule has 0 aromatic carbocycles. The van der Waals surface area contributed by atoms with E-state index in [4.69, 9.17) is 4.74 Å². The highest BCUT2D eigenvalue weighted by atomic mass is 19.4. The van der Waals surface area contributed by atoms with Crippen molar-refractivity contribution in [3.8, 4) is 0 Å². The minimum Gasteiger partial charge on any atom is -0.345 e. The second-order valence-corrected chi connectivity index (χ2v) is 4.82. The number of aromatic amines is 1. The van der Waals surface area contributed by atoms with Crippen LogP contribution in [0.4, 0.5) is 13.2 Å². The Morgan fingerprint density at radius 2 is 2.09 bits per heavy atom. The van der Waals surface area contributed by atoms with Crippen LogP contribution >= 0.6 is 0 Å². The third-order valence-corrected chi connectivity index (χ3v) is 3.22. The predicted octanol–water partition coefficient (Wildman–Crippen LogP) is -0.586. The van der Waals surface area contributed by atoms with Crippen LogP contribution < -0.4 is 11.2 Å². The number of carbonyl (C=O) groups is 2. The molecular weight excluding hydrogens is 323 g/mol. The van der Waals surface area contributed by atoms with Gasteiger partial charge in [-0.2, -0.15) is 13.2 Å². The first-order valence-electron chi connectivity index (χ1n) is 6.50. The van der Waals surface area contributed by atoms with Crippen LogP contribution in [0, 0.1) is 0 Å². The van der Waals surface area contributed by atoms with Crippen molar-refractivity contribution in [2.75, 3.05) is 13.1 Å². The van der Waals surface area contributed by atoms with Crippen molar-refractivity contribution in [2.45, 2.75) is 24.9 Å². The summed E-state index contributed by atoms with van der Waals surface area (Å²) < 4.78 is 43.7. The Balaban J connectivity index is 2.26. The van der Waals surface area contributed by atoms with Crippen LogP contribution in [0.25, 0.3) is 0 Å². The molecule has 1 aliphatic rings. The standard InChI is InChI=1S/C12H12F3N3O5/c13-12(14,15)10(21)17-3-2-9(23-7(5-17)6-19)18-4-1-8(20)16-11(18)22/h1,4,6-7,9H,2-3,5H2,(H,16,20,22). The van der Waals surface area contributed by atoms with Crippen molar-refractivity contribution >= 4 is 12.2 Å². The largest absolute Gasteiger partial charge is 0.471 e. The molecule has 1 aliphatic heterocycles. The van der Waals surface area contributed by atoms with Gasteiger partial charge in [0.1, 0.15) is 12.3 Å². The molecule has 0 aliphatic carbocycles. The number of halogens is 3. The Hall–Kier alpha value is -2.43. The Morgan fingerprint density at radius 1 is 1.39 bits per heavy atom. The third kappa shape index (κ3) is 3.86. The van der Waals surface area contributed by atoms with E-state index in [1.165, 1.54) is 0 Å². The molecule has 2 heterocycles. The quantitative estimate of drug-likeness (QED) is 0.728. The molecule has 0 bridgehead atoms. The van der Waals surface area contributed by atoms with Crippen molar-refractivity contribution in [2.24, 2.45) is 0 Å². The SMILES string of the molecule is O=CC1CN(C(=O)C(F)(F)F)CCC(n2ccc(=O)[nH]c2=O)O1. The molecule has 0 radical (unpaired) electrons. The maximum absolute atomic E-state index is 12.5. The van der Waals surface area contributed by atoms with Crippen LogP contribution in [0.5, 0.6) is 0 Å². The van der Waals surface area contributed by atoms with Crippen LogP contribution in [0.2, 0.25) is 0 Å². The fraction of sp³-hybridized carbons (Fsp3) is 0.500. The number of hydrogen-bond acceptors (Lipinski definition) is 5. The first-order valence-corrected chi connectivity index (χ1v) is 6.50. The summed E-state index contributed by atoms with van der Waals surface area (Å²) in [5.74, 6) is -2.08. The van der Waals surface area contributed by atoms with Gasteiger partial charge in [-0.1, -0.05) is 0 Å². The lowest BCUT2D eigenvalue weighted by Crippen LogP contribution is -2.44. The van der Waals surface area contributed by atoms with E-state index in [-0.39, 0.29) is 19.3 Å². The molecule has 1 fully saturated rings. The van der Waals surface area contributed by atoms with Gasteiger partial charge in [0, 0.05) is 25.2 Å². The monoisotopic (exact) mass is 335 g/mol. The summed E-state index contributed by atoms with van der Waals surface area (Å²) in [6, 6.07) is 1.03. The lowest BCUT2D eigenvalue weighted by Gasteiger charge is -2.22. The van der Waals surface area contributed by atoms with Crippen LogP contribution in [0.1, 0.15) is 12.6 Å². The average Bonchev–Trinajstić information content (AvgIpc) is 2.68. The highest BCUT2D eigenvalue weighted by molar-refractivity contribution is 5.82. The van der Waals surface area contributed by atoms with Crippen LogP contribution in [0.3, 0.4) is 0 Å². The fourth-order valence-corrected chi connectivity index (χ4v) is 2.19. The van der Waals surface area contributed by atoms with Gasteiger partial charge in [-0.3, -0.25) is 19.1 Å². The average molecular weight is 335 g/mol. The van der Waals surface area contributed by atoms with E-state index >= 15 is 0 Å². The zero-order valence-electron chi connectivity index (χ0n) is 11.6. The second-order valence-electron chi connectivity index (χ2n) is 4.82. The first-order chi connectivity index (χ1) is 10.7. The zero-order valence-corrected chi connectivity index (χ0v) is 11.6. The van der Waals surface area contributed by atoms with Crippen molar-refractivity contribution in [1.82, 2.24) is 14.5 Å². The van der Waals surface area contributed by atoms with E-state index in [0.29, 0.717) is 4.90 Å². The summed E-state index contributed by atoms with van der Waals surface area (Å²) in [4.78, 5) is 47.4. The van der Waals surface area contributed by atoms with E-state index in [1.54, 1.807) is 0 Å². The van der Waals surface area contributed by atoms with Crippen LogP contribution in [0.15, 0.2) is 21.9 Å². The van der Waals surface area contributed by atoms with Crippen molar-refractivity contribution in [3.63, 3.8) is 0 Å². The first kappa shape index (κ1) is 16.9. The summed E-state index contributed by atoms with van der Waals surface area (Å²) in [7, 11) is 0. The number of carbonyl (C=O) groups excluding carboxylic acids is 2. The lowest BCUT2D eigenvalue weighted by atomic mass is 10.3. The van der Waals surface area contributed by atoms with E-state index in [1.807, 2.05) is 4.98 Å². The number of alkyl halides is 3. The van der Waals surface area contributed by atoms with Gasteiger partial charge in [-0.25, -0.2) is 4.79 Å². The molecule has 8 nitrogen and oxygen atoms in total. The number of rotatable bonds is 2. The van der Waals surface area contributed by atoms with Gasteiger partial charge >= 0.3 is 17.8 Å². The number of amides is 1. The minimum absolute atomic E-state index is 0.155. The van der Waals surface area contributed by atoms with Crippen LogP contribution in [-0.4, -0.2) is 52.0 Å². The molecule has 1 aromatic rings. The predicted molar refractivity (Wildman–Crippen MR) is 68.5 cm³/mol. The van der Waals surface area contributed by atoms with Gasteiger partial charge < -0.3 is 14.4 Å². The molecule has 2 atom stereocenters. The van der Waals surface area contributed by atoms with E-state index < -0.39 is 42.2 Å². The summed E-state index contributed by atoms with van der Waals surface area (Å²) in [5, 5.41) is 0. The molecule has 1 saturated heterocycles. The summed E-state index contributed by atoms with van der Waals surface area (Å²) in [6.45, 7) is -0.935. The van der Waals surface area contributed by atoms with Crippen molar-refractivity contribution in [3.05, 3.63) is 33.1 Å². The molecule has 2 unspecified atom stereocenters. The minimum atomic E-state index is -5.07. The number of nitrogens with one attached hydrogen (secondary N) is 1. The van der Waals surface area contributed by atoms with Gasteiger partial charge in [-0.15, -0.1) is 0 Å². The topological polar surface area (TPSA) is 101 Å². The van der Waals surface area contributed by atoms with Gasteiger partial charge in [0.2, 0.25) is 0 Å². The molecule has 23 heavy (non-hydrogen) atoms. The normalized spacial score (nSPS) is 22.5. The highest BCUT2D eigenvalue weighted by Crippen LogP contribution is 2.24. The molecule has 1 amide bonds. The summed E-state index contributed by atoms with van der Waals surface area (Å²) >= 11 is 0. The number of ether oxygens (including phenoxy) is 1. The van der Waals surface area contributed by atoms with Crippen LogP contribution in [-0.2, 0) is 14.3 Å². The van der Waals surface area contributed by atoms with E-state index in [2.05, 4.69) is 0 Å². The molecule has 2 rings (SSSR count). The van der Waals surface area contributed by atoms with Crippen molar-refractivity contribution < 1.29 is 27.5 Å². The molecule has 126 valence electrons. The number of nitrogens with zero attached hydrogens (tertiary/aromatic N) is 2. The van der Waals surface area contributed by atoms with E-state index in [9.17, 15) is 32.3 Å². The Bertz CT molecular complexity index is 711. The number of aromatic nitrogens is 2.